The van der Waals surface area contributed by atoms with Gasteiger partial charge in [0.2, 0.25) is 5.91 Å². The lowest BCUT2D eigenvalue weighted by atomic mass is 10.2. The molecule has 0 aliphatic carbocycles. The van der Waals surface area contributed by atoms with Crippen molar-refractivity contribution >= 4 is 11.9 Å². The minimum Gasteiger partial charge on any atom is -0.352 e. The van der Waals surface area contributed by atoms with Gasteiger partial charge in [-0.25, -0.2) is 4.39 Å². The first-order valence-electron chi connectivity index (χ1n) is 8.00. The highest BCUT2D eigenvalue weighted by atomic mass is 19.1. The first kappa shape index (κ1) is 17.2. The molecule has 0 saturated carbocycles. The van der Waals surface area contributed by atoms with Crippen LogP contribution >= 0.6 is 0 Å². The van der Waals surface area contributed by atoms with E-state index in [1.165, 1.54) is 12.1 Å². The maximum Gasteiger partial charge on any atom is 0.225 e. The Kier molecular flexibility index (Phi) is 5.96. The molecule has 0 radical (unpaired) electrons. The number of rotatable bonds is 4. The molecule has 0 spiro atoms. The summed E-state index contributed by atoms with van der Waals surface area (Å²) in [4.78, 5) is 18.1. The fourth-order valence-corrected chi connectivity index (χ4v) is 2.62. The molecule has 6 heteroatoms. The molecule has 1 fully saturated rings. The number of hydrogen-bond donors (Lipinski definition) is 2. The third-order valence-corrected chi connectivity index (χ3v) is 3.93. The van der Waals surface area contributed by atoms with Gasteiger partial charge in [0.15, 0.2) is 5.96 Å². The molecule has 1 atom stereocenters. The SMILES string of the molecule is CN=C(NCc1ccc(F)cc1)NC1CCN(C(=O)C(C)C)C1. The van der Waals surface area contributed by atoms with Gasteiger partial charge in [0, 0.05) is 38.6 Å². The number of guanidine groups is 1. The quantitative estimate of drug-likeness (QED) is 0.656. The van der Waals surface area contributed by atoms with Crippen LogP contribution in [-0.4, -0.2) is 42.9 Å². The van der Waals surface area contributed by atoms with E-state index < -0.39 is 0 Å². The molecule has 0 aromatic heterocycles. The first-order valence-corrected chi connectivity index (χ1v) is 8.00. The number of amides is 1. The summed E-state index contributed by atoms with van der Waals surface area (Å²) in [5.41, 5.74) is 0.984. The lowest BCUT2D eigenvalue weighted by Crippen LogP contribution is -2.45. The number of carbonyl (C=O) groups excluding carboxylic acids is 1. The van der Waals surface area contributed by atoms with Gasteiger partial charge in [-0.15, -0.1) is 0 Å². The average molecular weight is 320 g/mol. The molecule has 1 saturated heterocycles. The van der Waals surface area contributed by atoms with Crippen LogP contribution in [0.2, 0.25) is 0 Å². The Labute approximate surface area is 137 Å². The molecule has 1 heterocycles. The second-order valence-electron chi connectivity index (χ2n) is 6.12. The predicted octanol–water partition coefficient (Wildman–Crippen LogP) is 1.75. The van der Waals surface area contributed by atoms with Crippen LogP contribution in [0.5, 0.6) is 0 Å². The van der Waals surface area contributed by atoms with Crippen molar-refractivity contribution in [3.8, 4) is 0 Å². The fraction of sp³-hybridized carbons (Fsp3) is 0.529. The van der Waals surface area contributed by atoms with E-state index in [1.807, 2.05) is 18.7 Å². The number of hydrogen-bond acceptors (Lipinski definition) is 2. The molecule has 1 aliphatic rings. The highest BCUT2D eigenvalue weighted by Gasteiger charge is 2.27. The summed E-state index contributed by atoms with van der Waals surface area (Å²) in [5.74, 6) is 0.684. The average Bonchev–Trinajstić information content (AvgIpc) is 3.00. The van der Waals surface area contributed by atoms with Crippen molar-refractivity contribution < 1.29 is 9.18 Å². The van der Waals surface area contributed by atoms with Gasteiger partial charge in [-0.3, -0.25) is 9.79 Å². The van der Waals surface area contributed by atoms with Crippen LogP contribution in [0.15, 0.2) is 29.3 Å². The summed E-state index contributed by atoms with van der Waals surface area (Å²) in [6.45, 7) is 5.90. The number of carbonyl (C=O) groups is 1. The molecule has 1 aromatic rings. The highest BCUT2D eigenvalue weighted by molar-refractivity contribution is 5.81. The number of aliphatic imine (C=N–C) groups is 1. The maximum atomic E-state index is 12.9. The van der Waals surface area contributed by atoms with Crippen LogP contribution in [0.1, 0.15) is 25.8 Å². The van der Waals surface area contributed by atoms with E-state index in [1.54, 1.807) is 19.2 Å². The number of likely N-dealkylation sites (tertiary alicyclic amines) is 1. The van der Waals surface area contributed by atoms with Crippen molar-refractivity contribution in [2.24, 2.45) is 10.9 Å². The summed E-state index contributed by atoms with van der Waals surface area (Å²) in [6, 6.07) is 6.58. The van der Waals surface area contributed by atoms with Gasteiger partial charge in [-0.05, 0) is 24.1 Å². The van der Waals surface area contributed by atoms with Gasteiger partial charge in [-0.1, -0.05) is 26.0 Å². The summed E-state index contributed by atoms with van der Waals surface area (Å²) in [7, 11) is 1.71. The largest absolute Gasteiger partial charge is 0.352 e. The van der Waals surface area contributed by atoms with E-state index >= 15 is 0 Å². The van der Waals surface area contributed by atoms with Crippen molar-refractivity contribution in [1.82, 2.24) is 15.5 Å². The Morgan fingerprint density at radius 3 is 2.70 bits per heavy atom. The van der Waals surface area contributed by atoms with Gasteiger partial charge in [0.05, 0.1) is 0 Å². The van der Waals surface area contributed by atoms with Crippen LogP contribution in [0, 0.1) is 11.7 Å². The lowest BCUT2D eigenvalue weighted by Gasteiger charge is -2.20. The molecule has 126 valence electrons. The number of nitrogens with zero attached hydrogens (tertiary/aromatic N) is 2. The van der Waals surface area contributed by atoms with Crippen LogP contribution in [0.3, 0.4) is 0 Å². The molecule has 5 nitrogen and oxygen atoms in total. The first-order chi connectivity index (χ1) is 11.0. The monoisotopic (exact) mass is 320 g/mol. The van der Waals surface area contributed by atoms with Gasteiger partial charge < -0.3 is 15.5 Å². The van der Waals surface area contributed by atoms with Crippen LogP contribution in [0.4, 0.5) is 4.39 Å². The molecule has 1 aromatic carbocycles. The van der Waals surface area contributed by atoms with Gasteiger partial charge in [0.1, 0.15) is 5.82 Å². The molecule has 23 heavy (non-hydrogen) atoms. The zero-order valence-electron chi connectivity index (χ0n) is 14.0. The molecular weight excluding hydrogens is 295 g/mol. The van der Waals surface area contributed by atoms with Crippen LogP contribution in [0.25, 0.3) is 0 Å². The van der Waals surface area contributed by atoms with Gasteiger partial charge in [0.25, 0.3) is 0 Å². The molecule has 0 bridgehead atoms. The molecule has 2 N–H and O–H groups in total. The summed E-state index contributed by atoms with van der Waals surface area (Å²) in [5, 5.41) is 6.55. The van der Waals surface area contributed by atoms with Crippen LogP contribution in [-0.2, 0) is 11.3 Å². The molecule has 1 aliphatic heterocycles. The molecule has 1 amide bonds. The highest BCUT2D eigenvalue weighted by Crippen LogP contribution is 2.12. The summed E-state index contributed by atoms with van der Waals surface area (Å²) in [6.07, 6.45) is 0.912. The maximum absolute atomic E-state index is 12.9. The zero-order valence-corrected chi connectivity index (χ0v) is 14.0. The fourth-order valence-electron chi connectivity index (χ4n) is 2.62. The normalized spacial score (nSPS) is 18.4. The zero-order chi connectivity index (χ0) is 16.8. The smallest absolute Gasteiger partial charge is 0.225 e. The third-order valence-electron chi connectivity index (χ3n) is 3.93. The predicted molar refractivity (Wildman–Crippen MR) is 89.6 cm³/mol. The molecule has 1 unspecified atom stereocenters. The van der Waals surface area contributed by atoms with Crippen LogP contribution < -0.4 is 10.6 Å². The van der Waals surface area contributed by atoms with E-state index in [2.05, 4.69) is 15.6 Å². The molecule has 2 rings (SSSR count). The topological polar surface area (TPSA) is 56.7 Å². The van der Waals surface area contributed by atoms with Gasteiger partial charge in [-0.2, -0.15) is 0 Å². The Morgan fingerprint density at radius 1 is 1.39 bits per heavy atom. The van der Waals surface area contributed by atoms with Crippen molar-refractivity contribution in [2.75, 3.05) is 20.1 Å². The number of benzene rings is 1. The van der Waals surface area contributed by atoms with Crippen molar-refractivity contribution in [3.63, 3.8) is 0 Å². The minimum atomic E-state index is -0.239. The minimum absolute atomic E-state index is 0.0321. The Morgan fingerprint density at radius 2 is 2.09 bits per heavy atom. The Balaban J connectivity index is 1.81. The molecular formula is C17H25FN4O. The third kappa shape index (κ3) is 4.94. The Bertz CT molecular complexity index is 556. The van der Waals surface area contributed by atoms with Crippen molar-refractivity contribution in [1.29, 1.82) is 0 Å². The lowest BCUT2D eigenvalue weighted by molar-refractivity contribution is -0.133. The second-order valence-corrected chi connectivity index (χ2v) is 6.12. The van der Waals surface area contributed by atoms with E-state index in [4.69, 9.17) is 0 Å². The van der Waals surface area contributed by atoms with E-state index in [9.17, 15) is 9.18 Å². The number of halogens is 1. The van der Waals surface area contributed by atoms with E-state index in [-0.39, 0.29) is 23.7 Å². The van der Waals surface area contributed by atoms with Crippen molar-refractivity contribution in [3.05, 3.63) is 35.6 Å². The Hall–Kier alpha value is -2.11. The number of nitrogens with one attached hydrogen (secondary N) is 2. The standard InChI is InChI=1S/C17H25FN4O/c1-12(2)16(23)22-9-8-15(11-22)21-17(19-3)20-10-13-4-6-14(18)7-5-13/h4-7,12,15H,8-11H2,1-3H3,(H2,19,20,21). The van der Waals surface area contributed by atoms with Crippen molar-refractivity contribution in [2.45, 2.75) is 32.9 Å². The van der Waals surface area contributed by atoms with Gasteiger partial charge >= 0.3 is 0 Å². The van der Waals surface area contributed by atoms with E-state index in [0.717, 1.165) is 18.5 Å². The second kappa shape index (κ2) is 7.94. The van der Waals surface area contributed by atoms with E-state index in [0.29, 0.717) is 19.0 Å². The summed E-state index contributed by atoms with van der Waals surface area (Å²) >= 11 is 0. The summed E-state index contributed by atoms with van der Waals surface area (Å²) < 4.78 is 12.9.